The number of nitrogens with zero attached hydrogens (tertiary/aromatic N) is 1. The number of hydrogen-bond donors (Lipinski definition) is 1. The van der Waals surface area contributed by atoms with Crippen molar-refractivity contribution in [2.75, 3.05) is 0 Å². The lowest BCUT2D eigenvalue weighted by Gasteiger charge is -2.08. The molecule has 0 aliphatic heterocycles. The number of aliphatic carboxylic acids is 1. The number of benzene rings is 2. The maximum Gasteiger partial charge on any atom is 0.303 e. The van der Waals surface area contributed by atoms with Crippen LogP contribution < -0.4 is 0 Å². The highest BCUT2D eigenvalue weighted by molar-refractivity contribution is 5.84. The monoisotopic (exact) mass is 293 g/mol. The van der Waals surface area contributed by atoms with Crippen LogP contribution in [-0.4, -0.2) is 15.6 Å². The molecule has 1 N–H and O–H groups in total. The second-order valence-corrected chi connectivity index (χ2v) is 5.62. The Morgan fingerprint density at radius 3 is 2.55 bits per heavy atom. The van der Waals surface area contributed by atoms with Crippen LogP contribution in [0.1, 0.15) is 23.1 Å². The van der Waals surface area contributed by atoms with Crippen molar-refractivity contribution in [3.8, 4) is 0 Å². The normalized spacial score (nSPS) is 11.0. The van der Waals surface area contributed by atoms with Crippen molar-refractivity contribution >= 4 is 16.9 Å². The second-order valence-electron chi connectivity index (χ2n) is 5.62. The number of hydrogen-bond acceptors (Lipinski definition) is 1. The molecule has 0 saturated heterocycles. The first-order chi connectivity index (χ1) is 10.6. The smallest absolute Gasteiger partial charge is 0.303 e. The summed E-state index contributed by atoms with van der Waals surface area (Å²) in [5.41, 5.74) is 4.82. The molecule has 0 aliphatic carbocycles. The highest BCUT2D eigenvalue weighted by Crippen LogP contribution is 2.24. The van der Waals surface area contributed by atoms with Gasteiger partial charge in [-0.1, -0.05) is 42.5 Å². The summed E-state index contributed by atoms with van der Waals surface area (Å²) in [5.74, 6) is -0.754. The van der Waals surface area contributed by atoms with Crippen molar-refractivity contribution in [2.45, 2.75) is 26.3 Å². The fourth-order valence-corrected chi connectivity index (χ4v) is 2.87. The molecule has 0 aliphatic rings. The molecule has 1 heterocycles. The molecule has 3 nitrogen and oxygen atoms in total. The molecule has 3 heteroatoms. The highest BCUT2D eigenvalue weighted by atomic mass is 16.4. The van der Waals surface area contributed by atoms with E-state index in [4.69, 9.17) is 5.11 Å². The fourth-order valence-electron chi connectivity index (χ4n) is 2.87. The summed E-state index contributed by atoms with van der Waals surface area (Å²) in [6, 6.07) is 16.6. The predicted octanol–water partition coefficient (Wildman–Crippen LogP) is 4.02. The van der Waals surface area contributed by atoms with E-state index in [0.717, 1.165) is 23.0 Å². The first-order valence-corrected chi connectivity index (χ1v) is 7.48. The maximum absolute atomic E-state index is 10.8. The third-order valence-electron chi connectivity index (χ3n) is 4.08. The lowest BCUT2D eigenvalue weighted by molar-refractivity contribution is -0.136. The van der Waals surface area contributed by atoms with E-state index in [2.05, 4.69) is 48.0 Å². The van der Waals surface area contributed by atoms with E-state index in [9.17, 15) is 4.79 Å². The third-order valence-corrected chi connectivity index (χ3v) is 4.08. The average Bonchev–Trinajstić information content (AvgIpc) is 2.86. The topological polar surface area (TPSA) is 42.2 Å². The van der Waals surface area contributed by atoms with Gasteiger partial charge >= 0.3 is 5.97 Å². The Hall–Kier alpha value is -2.55. The van der Waals surface area contributed by atoms with Crippen molar-refractivity contribution in [1.82, 2.24) is 4.57 Å². The molecule has 0 atom stereocenters. The van der Waals surface area contributed by atoms with Gasteiger partial charge in [0.25, 0.3) is 0 Å². The van der Waals surface area contributed by atoms with Gasteiger partial charge in [0, 0.05) is 30.1 Å². The number of carbonyl (C=O) groups is 1. The van der Waals surface area contributed by atoms with Crippen LogP contribution in [0.15, 0.2) is 54.7 Å². The SMILES string of the molecule is Cc1ccccc1Cn1cc(CCC(=O)O)c2ccccc21. The van der Waals surface area contributed by atoms with Gasteiger partial charge < -0.3 is 9.67 Å². The standard InChI is InChI=1S/C19H19NO2/c1-14-6-2-3-7-15(14)12-20-13-16(10-11-19(21)22)17-8-4-5-9-18(17)20/h2-9,13H,10-12H2,1H3,(H,21,22). The van der Waals surface area contributed by atoms with E-state index in [-0.39, 0.29) is 6.42 Å². The van der Waals surface area contributed by atoms with Gasteiger partial charge in [0.2, 0.25) is 0 Å². The largest absolute Gasteiger partial charge is 0.481 e. The van der Waals surface area contributed by atoms with E-state index in [1.54, 1.807) is 0 Å². The third kappa shape index (κ3) is 2.89. The molecule has 0 amide bonds. The molecule has 0 unspecified atom stereocenters. The highest BCUT2D eigenvalue weighted by Gasteiger charge is 2.10. The molecule has 2 aromatic carbocycles. The Morgan fingerprint density at radius 2 is 1.77 bits per heavy atom. The summed E-state index contributed by atoms with van der Waals surface area (Å²) in [7, 11) is 0. The van der Waals surface area contributed by atoms with Crippen molar-refractivity contribution in [2.24, 2.45) is 0 Å². The molecule has 0 bridgehead atoms. The Morgan fingerprint density at radius 1 is 1.05 bits per heavy atom. The van der Waals surface area contributed by atoms with E-state index >= 15 is 0 Å². The molecule has 0 fully saturated rings. The number of carboxylic acid groups (broad SMARTS) is 1. The molecule has 3 aromatic rings. The summed E-state index contributed by atoms with van der Waals surface area (Å²) in [4.78, 5) is 10.8. The first kappa shape index (κ1) is 14.4. The Bertz CT molecular complexity index is 817. The van der Waals surface area contributed by atoms with E-state index < -0.39 is 5.97 Å². The van der Waals surface area contributed by atoms with Gasteiger partial charge in [-0.15, -0.1) is 0 Å². The van der Waals surface area contributed by atoms with E-state index in [1.165, 1.54) is 11.1 Å². The molecule has 0 radical (unpaired) electrons. The van der Waals surface area contributed by atoms with Gasteiger partial charge in [0.05, 0.1) is 0 Å². The number of aromatic nitrogens is 1. The molecular weight excluding hydrogens is 274 g/mol. The van der Waals surface area contributed by atoms with Crippen LogP contribution in [0, 0.1) is 6.92 Å². The van der Waals surface area contributed by atoms with Crippen LogP contribution >= 0.6 is 0 Å². The van der Waals surface area contributed by atoms with Gasteiger partial charge in [-0.2, -0.15) is 0 Å². The minimum Gasteiger partial charge on any atom is -0.481 e. The zero-order valence-corrected chi connectivity index (χ0v) is 12.6. The molecule has 1 aromatic heterocycles. The Kier molecular flexibility index (Phi) is 3.96. The molecule has 22 heavy (non-hydrogen) atoms. The average molecular weight is 293 g/mol. The number of para-hydroxylation sites is 1. The number of aryl methyl sites for hydroxylation is 2. The van der Waals surface area contributed by atoms with Crippen molar-refractivity contribution in [1.29, 1.82) is 0 Å². The zero-order valence-electron chi connectivity index (χ0n) is 12.6. The Labute approximate surface area is 129 Å². The molecular formula is C19H19NO2. The minimum absolute atomic E-state index is 0.165. The van der Waals surface area contributed by atoms with Crippen LogP contribution in [0.25, 0.3) is 10.9 Å². The van der Waals surface area contributed by atoms with Crippen LogP contribution in [0.3, 0.4) is 0 Å². The van der Waals surface area contributed by atoms with Crippen LogP contribution in [0.4, 0.5) is 0 Å². The number of fused-ring (bicyclic) bond motifs is 1. The molecule has 3 rings (SSSR count). The van der Waals surface area contributed by atoms with Gasteiger partial charge in [0.15, 0.2) is 0 Å². The van der Waals surface area contributed by atoms with Crippen LogP contribution in [-0.2, 0) is 17.8 Å². The lowest BCUT2D eigenvalue weighted by Crippen LogP contribution is -2.00. The minimum atomic E-state index is -0.754. The Balaban J connectivity index is 1.99. The summed E-state index contributed by atoms with van der Waals surface area (Å²) in [6.45, 7) is 2.92. The van der Waals surface area contributed by atoms with Crippen LogP contribution in [0.5, 0.6) is 0 Å². The van der Waals surface area contributed by atoms with Crippen LogP contribution in [0.2, 0.25) is 0 Å². The predicted molar refractivity (Wildman–Crippen MR) is 88.2 cm³/mol. The maximum atomic E-state index is 10.8. The fraction of sp³-hybridized carbons (Fsp3) is 0.211. The van der Waals surface area contributed by atoms with Crippen molar-refractivity contribution in [3.05, 3.63) is 71.4 Å². The van der Waals surface area contributed by atoms with Gasteiger partial charge in [-0.3, -0.25) is 4.79 Å². The summed E-state index contributed by atoms with van der Waals surface area (Å²) >= 11 is 0. The zero-order chi connectivity index (χ0) is 15.5. The van der Waals surface area contributed by atoms with Gasteiger partial charge in [-0.25, -0.2) is 0 Å². The number of rotatable bonds is 5. The second kappa shape index (κ2) is 6.06. The first-order valence-electron chi connectivity index (χ1n) is 7.48. The molecule has 112 valence electrons. The summed E-state index contributed by atoms with van der Waals surface area (Å²) in [6.07, 6.45) is 2.83. The lowest BCUT2D eigenvalue weighted by atomic mass is 10.1. The summed E-state index contributed by atoms with van der Waals surface area (Å²) in [5, 5.41) is 10.1. The van der Waals surface area contributed by atoms with Gasteiger partial charge in [-0.05, 0) is 36.1 Å². The molecule has 0 saturated carbocycles. The van der Waals surface area contributed by atoms with E-state index in [0.29, 0.717) is 6.42 Å². The molecule has 0 spiro atoms. The number of carboxylic acids is 1. The van der Waals surface area contributed by atoms with Gasteiger partial charge in [0.1, 0.15) is 0 Å². The summed E-state index contributed by atoms with van der Waals surface area (Å²) < 4.78 is 2.22. The quantitative estimate of drug-likeness (QED) is 0.772. The van der Waals surface area contributed by atoms with Crippen molar-refractivity contribution in [3.63, 3.8) is 0 Å². The van der Waals surface area contributed by atoms with E-state index in [1.807, 2.05) is 18.2 Å². The van der Waals surface area contributed by atoms with Crippen molar-refractivity contribution < 1.29 is 9.90 Å².